The van der Waals surface area contributed by atoms with E-state index in [1.54, 1.807) is 15.9 Å². The molecule has 0 fully saturated rings. The second-order valence-corrected chi connectivity index (χ2v) is 6.64. The third kappa shape index (κ3) is 1.94. The van der Waals surface area contributed by atoms with Crippen LogP contribution >= 0.6 is 11.3 Å². The summed E-state index contributed by atoms with van der Waals surface area (Å²) in [4.78, 5) is 19.1. The predicted octanol–water partition coefficient (Wildman–Crippen LogP) is 3.54. The van der Waals surface area contributed by atoms with Crippen LogP contribution in [0.1, 0.15) is 23.3 Å². The topological polar surface area (TPSA) is 34.9 Å². The van der Waals surface area contributed by atoms with Gasteiger partial charge in [0.2, 0.25) is 0 Å². The van der Waals surface area contributed by atoms with Crippen LogP contribution in [0, 0.1) is 0 Å². The minimum atomic E-state index is -0.167. The Labute approximate surface area is 126 Å². The normalized spacial score (nSPS) is 14.3. The van der Waals surface area contributed by atoms with Crippen LogP contribution in [0.4, 0.5) is 0 Å². The molecule has 1 aliphatic rings. The van der Waals surface area contributed by atoms with Crippen LogP contribution in [0.2, 0.25) is 0 Å². The van der Waals surface area contributed by atoms with Crippen LogP contribution in [0.5, 0.6) is 0 Å². The number of rotatable bonds is 1. The predicted molar refractivity (Wildman–Crippen MR) is 86.9 cm³/mol. The van der Waals surface area contributed by atoms with Crippen molar-refractivity contribution in [3.8, 4) is 11.3 Å². The molecule has 0 aliphatic heterocycles. The van der Waals surface area contributed by atoms with E-state index in [-0.39, 0.29) is 5.69 Å². The lowest BCUT2D eigenvalue weighted by Gasteiger charge is -2.12. The maximum Gasteiger partial charge on any atom is 0.348 e. The number of aryl methyl sites for hydroxylation is 3. The molecule has 2 aromatic heterocycles. The van der Waals surface area contributed by atoms with Gasteiger partial charge in [0.15, 0.2) is 0 Å². The summed E-state index contributed by atoms with van der Waals surface area (Å²) in [6.45, 7) is 0. The average molecular weight is 296 g/mol. The SMILES string of the molecule is Cn1c(=O)nc(-c2ccccc2)c2c3c(sc21)CCCC3. The Bertz CT molecular complexity index is 877. The molecule has 21 heavy (non-hydrogen) atoms. The number of nitrogens with zero attached hydrogens (tertiary/aromatic N) is 2. The Kier molecular flexibility index (Phi) is 2.93. The van der Waals surface area contributed by atoms with Crippen molar-refractivity contribution >= 4 is 21.6 Å². The quantitative estimate of drug-likeness (QED) is 0.688. The van der Waals surface area contributed by atoms with Gasteiger partial charge in [-0.15, -0.1) is 11.3 Å². The maximum atomic E-state index is 12.2. The standard InChI is InChI=1S/C17H16N2OS/c1-19-16-14(12-9-5-6-10-13(12)21-16)15(18-17(19)20)11-7-3-2-4-8-11/h2-4,7-8H,5-6,9-10H2,1H3. The van der Waals surface area contributed by atoms with Gasteiger partial charge in [0.1, 0.15) is 4.83 Å². The molecule has 1 aliphatic carbocycles. The molecule has 0 amide bonds. The highest BCUT2D eigenvalue weighted by Crippen LogP contribution is 2.39. The third-order valence-electron chi connectivity index (χ3n) is 4.24. The number of thiophene rings is 1. The average Bonchev–Trinajstić information content (AvgIpc) is 2.91. The van der Waals surface area contributed by atoms with E-state index in [0.717, 1.165) is 28.9 Å². The lowest BCUT2D eigenvalue weighted by atomic mass is 9.95. The lowest BCUT2D eigenvalue weighted by Crippen LogP contribution is -2.20. The molecule has 0 atom stereocenters. The Morgan fingerprint density at radius 1 is 1.14 bits per heavy atom. The Balaban J connectivity index is 2.13. The van der Waals surface area contributed by atoms with Crippen LogP contribution in [-0.2, 0) is 19.9 Å². The first-order valence-corrected chi connectivity index (χ1v) is 8.14. The number of benzene rings is 1. The fourth-order valence-electron chi connectivity index (χ4n) is 3.15. The van der Waals surface area contributed by atoms with Crippen molar-refractivity contribution in [1.82, 2.24) is 9.55 Å². The fourth-order valence-corrected chi connectivity index (χ4v) is 4.49. The maximum absolute atomic E-state index is 12.2. The molecule has 0 unspecified atom stereocenters. The van der Waals surface area contributed by atoms with Crippen LogP contribution in [-0.4, -0.2) is 9.55 Å². The number of fused-ring (bicyclic) bond motifs is 3. The van der Waals surface area contributed by atoms with Gasteiger partial charge < -0.3 is 0 Å². The summed E-state index contributed by atoms with van der Waals surface area (Å²) >= 11 is 1.77. The molecular formula is C17H16N2OS. The van der Waals surface area contributed by atoms with Gasteiger partial charge >= 0.3 is 5.69 Å². The van der Waals surface area contributed by atoms with Crippen LogP contribution in [0.3, 0.4) is 0 Å². The molecule has 4 heteroatoms. The Hall–Kier alpha value is -1.94. The van der Waals surface area contributed by atoms with Gasteiger partial charge in [0.25, 0.3) is 0 Å². The highest BCUT2D eigenvalue weighted by Gasteiger charge is 2.22. The molecule has 0 radical (unpaired) electrons. The van der Waals surface area contributed by atoms with Crippen molar-refractivity contribution in [2.45, 2.75) is 25.7 Å². The largest absolute Gasteiger partial charge is 0.348 e. The Morgan fingerprint density at radius 2 is 1.90 bits per heavy atom. The number of hydrogen-bond acceptors (Lipinski definition) is 3. The van der Waals surface area contributed by atoms with E-state index in [4.69, 9.17) is 0 Å². The molecule has 1 aromatic carbocycles. The molecule has 3 aromatic rings. The van der Waals surface area contributed by atoms with E-state index >= 15 is 0 Å². The first kappa shape index (κ1) is 12.8. The zero-order valence-electron chi connectivity index (χ0n) is 11.9. The Morgan fingerprint density at radius 3 is 2.71 bits per heavy atom. The summed E-state index contributed by atoms with van der Waals surface area (Å²) in [5.41, 5.74) is 3.14. The summed E-state index contributed by atoms with van der Waals surface area (Å²) in [6, 6.07) is 10.1. The molecule has 0 saturated carbocycles. The summed E-state index contributed by atoms with van der Waals surface area (Å²) in [6.07, 6.45) is 4.73. The highest BCUT2D eigenvalue weighted by atomic mass is 32.1. The number of aromatic nitrogens is 2. The first-order valence-electron chi connectivity index (χ1n) is 7.32. The number of hydrogen-bond donors (Lipinski definition) is 0. The fraction of sp³-hybridized carbons (Fsp3) is 0.294. The second-order valence-electron chi connectivity index (χ2n) is 5.56. The van der Waals surface area contributed by atoms with Gasteiger partial charge in [-0.2, -0.15) is 4.98 Å². The van der Waals surface area contributed by atoms with Gasteiger partial charge in [-0.05, 0) is 31.2 Å². The van der Waals surface area contributed by atoms with Crippen molar-refractivity contribution in [1.29, 1.82) is 0 Å². The smallest absolute Gasteiger partial charge is 0.286 e. The molecule has 0 saturated heterocycles. The van der Waals surface area contributed by atoms with Crippen LogP contribution in [0.25, 0.3) is 21.5 Å². The molecule has 106 valence electrons. The van der Waals surface area contributed by atoms with Crippen molar-refractivity contribution in [2.75, 3.05) is 0 Å². The summed E-state index contributed by atoms with van der Waals surface area (Å²) < 4.78 is 1.70. The molecule has 0 N–H and O–H groups in total. The summed E-state index contributed by atoms with van der Waals surface area (Å²) in [5.74, 6) is 0. The first-order chi connectivity index (χ1) is 10.3. The molecular weight excluding hydrogens is 280 g/mol. The van der Waals surface area contributed by atoms with Gasteiger partial charge in [-0.3, -0.25) is 4.57 Å². The van der Waals surface area contributed by atoms with Gasteiger partial charge in [-0.25, -0.2) is 4.79 Å². The van der Waals surface area contributed by atoms with Crippen molar-refractivity contribution in [2.24, 2.45) is 7.05 Å². The van der Waals surface area contributed by atoms with E-state index < -0.39 is 0 Å². The molecule has 2 heterocycles. The zero-order chi connectivity index (χ0) is 14.4. The van der Waals surface area contributed by atoms with E-state index in [2.05, 4.69) is 4.98 Å². The minimum Gasteiger partial charge on any atom is -0.286 e. The van der Waals surface area contributed by atoms with Crippen molar-refractivity contribution in [3.63, 3.8) is 0 Å². The van der Waals surface area contributed by atoms with Crippen LogP contribution in [0.15, 0.2) is 35.1 Å². The van der Waals surface area contributed by atoms with Crippen molar-refractivity contribution < 1.29 is 0 Å². The van der Waals surface area contributed by atoms with Gasteiger partial charge in [-0.1, -0.05) is 30.3 Å². The van der Waals surface area contributed by atoms with E-state index in [1.165, 1.54) is 28.7 Å². The molecule has 3 nitrogen and oxygen atoms in total. The molecule has 4 rings (SSSR count). The lowest BCUT2D eigenvalue weighted by molar-refractivity contribution is 0.700. The molecule has 0 bridgehead atoms. The van der Waals surface area contributed by atoms with Gasteiger partial charge in [0, 0.05) is 22.9 Å². The van der Waals surface area contributed by atoms with E-state index in [1.807, 2.05) is 37.4 Å². The van der Waals surface area contributed by atoms with E-state index in [0.29, 0.717) is 0 Å². The monoisotopic (exact) mass is 296 g/mol. The molecule has 0 spiro atoms. The second kappa shape index (κ2) is 4.81. The minimum absolute atomic E-state index is 0.167. The van der Waals surface area contributed by atoms with Gasteiger partial charge in [0.05, 0.1) is 5.69 Å². The summed E-state index contributed by atoms with van der Waals surface area (Å²) in [5, 5.41) is 1.20. The highest BCUT2D eigenvalue weighted by molar-refractivity contribution is 7.19. The van der Waals surface area contributed by atoms with E-state index in [9.17, 15) is 4.79 Å². The zero-order valence-corrected chi connectivity index (χ0v) is 12.7. The third-order valence-corrected chi connectivity index (χ3v) is 5.60. The van der Waals surface area contributed by atoms with Crippen LogP contribution < -0.4 is 5.69 Å². The summed E-state index contributed by atoms with van der Waals surface area (Å²) in [7, 11) is 1.83. The van der Waals surface area contributed by atoms with Crippen molar-refractivity contribution in [3.05, 3.63) is 51.3 Å².